The molecule has 0 heterocycles. The van der Waals surface area contributed by atoms with E-state index in [1.807, 2.05) is 6.92 Å². The summed E-state index contributed by atoms with van der Waals surface area (Å²) in [5, 5.41) is 0. The molecule has 0 spiro atoms. The van der Waals surface area contributed by atoms with E-state index in [2.05, 4.69) is 4.72 Å². The molecule has 0 fully saturated rings. The van der Waals surface area contributed by atoms with Gasteiger partial charge in [0.1, 0.15) is 18.0 Å². The van der Waals surface area contributed by atoms with Crippen LogP contribution >= 0.6 is 0 Å². The Hall–Kier alpha value is -2.91. The van der Waals surface area contributed by atoms with Crippen LogP contribution < -0.4 is 14.2 Å². The highest BCUT2D eigenvalue weighted by molar-refractivity contribution is 7.89. The smallest absolute Gasteiger partial charge is 0.321 e. The van der Waals surface area contributed by atoms with Gasteiger partial charge in [-0.2, -0.15) is 4.72 Å². The molecule has 0 atom stereocenters. The summed E-state index contributed by atoms with van der Waals surface area (Å²) in [6.07, 6.45) is 0. The lowest BCUT2D eigenvalue weighted by atomic mass is 10.1. The fourth-order valence-corrected chi connectivity index (χ4v) is 3.48. The van der Waals surface area contributed by atoms with Crippen LogP contribution in [0.25, 0.3) is 0 Å². The van der Waals surface area contributed by atoms with Crippen molar-refractivity contribution < 1.29 is 32.2 Å². The van der Waals surface area contributed by atoms with E-state index in [-0.39, 0.29) is 16.2 Å². The van der Waals surface area contributed by atoms with E-state index in [1.165, 1.54) is 38.5 Å². The second kappa shape index (κ2) is 9.53. The van der Waals surface area contributed by atoms with Crippen molar-refractivity contribution in [2.75, 3.05) is 27.4 Å². The first kappa shape index (κ1) is 22.4. The number of ether oxygens (including phenoxy) is 3. The first-order valence-corrected chi connectivity index (χ1v) is 10.1. The average Bonchev–Trinajstić information content (AvgIpc) is 2.71. The van der Waals surface area contributed by atoms with Gasteiger partial charge in [-0.1, -0.05) is 6.07 Å². The minimum Gasteiger partial charge on any atom is -0.497 e. The number of aryl methyl sites for hydroxylation is 2. The lowest BCUT2D eigenvalue weighted by molar-refractivity contribution is -0.141. The molecule has 0 unspecified atom stereocenters. The number of benzene rings is 2. The van der Waals surface area contributed by atoms with E-state index in [1.54, 1.807) is 19.1 Å². The van der Waals surface area contributed by atoms with Gasteiger partial charge in [-0.05, 0) is 49.2 Å². The Morgan fingerprint density at radius 3 is 2.31 bits per heavy atom. The number of rotatable bonds is 9. The van der Waals surface area contributed by atoms with Crippen molar-refractivity contribution in [3.8, 4) is 11.5 Å². The number of esters is 1. The number of nitrogens with one attached hydrogen (secondary N) is 1. The van der Waals surface area contributed by atoms with Crippen LogP contribution in [0.3, 0.4) is 0 Å². The molecule has 0 saturated carbocycles. The van der Waals surface area contributed by atoms with Gasteiger partial charge >= 0.3 is 5.97 Å². The maximum Gasteiger partial charge on any atom is 0.321 e. The summed E-state index contributed by atoms with van der Waals surface area (Å²) in [6, 6.07) is 9.26. The first-order valence-electron chi connectivity index (χ1n) is 8.65. The fourth-order valence-electron chi connectivity index (χ4n) is 2.42. The van der Waals surface area contributed by atoms with E-state index in [9.17, 15) is 18.0 Å². The van der Waals surface area contributed by atoms with Gasteiger partial charge in [0.05, 0.1) is 24.7 Å². The average molecular weight is 421 g/mol. The Balaban J connectivity index is 1.94. The van der Waals surface area contributed by atoms with Gasteiger partial charge in [0, 0.05) is 6.07 Å². The van der Waals surface area contributed by atoms with E-state index >= 15 is 0 Å². The second-order valence-electron chi connectivity index (χ2n) is 6.22. The molecule has 9 heteroatoms. The summed E-state index contributed by atoms with van der Waals surface area (Å²) in [7, 11) is -0.988. The maximum atomic E-state index is 12.3. The predicted octanol–water partition coefficient (Wildman–Crippen LogP) is 2.03. The van der Waals surface area contributed by atoms with Crippen molar-refractivity contribution in [2.24, 2.45) is 0 Å². The summed E-state index contributed by atoms with van der Waals surface area (Å²) in [4.78, 5) is 24.2. The molecule has 2 aromatic carbocycles. The number of sulfonamides is 1. The van der Waals surface area contributed by atoms with E-state index < -0.39 is 34.9 Å². The maximum absolute atomic E-state index is 12.3. The molecule has 0 amide bonds. The SMILES string of the molecule is COc1ccc(C(=O)COC(=O)CNS(=O)(=O)c2ccc(C)c(C)c2)c(OC)c1. The molecule has 0 saturated heterocycles. The molecule has 0 aromatic heterocycles. The Labute approximate surface area is 169 Å². The summed E-state index contributed by atoms with van der Waals surface area (Å²) < 4.78 is 41.8. The van der Waals surface area contributed by atoms with Gasteiger partial charge in [-0.3, -0.25) is 9.59 Å². The van der Waals surface area contributed by atoms with Gasteiger partial charge < -0.3 is 14.2 Å². The van der Waals surface area contributed by atoms with E-state index in [0.717, 1.165) is 11.1 Å². The molecule has 0 bridgehead atoms. The number of carbonyl (C=O) groups is 2. The number of ketones is 1. The number of hydrogen-bond acceptors (Lipinski definition) is 7. The van der Waals surface area contributed by atoms with Gasteiger partial charge in [0.25, 0.3) is 0 Å². The molecule has 0 aliphatic heterocycles. The monoisotopic (exact) mass is 421 g/mol. The van der Waals surface area contributed by atoms with Crippen LogP contribution in [0.2, 0.25) is 0 Å². The Kier molecular flexibility index (Phi) is 7.35. The summed E-state index contributed by atoms with van der Waals surface area (Å²) >= 11 is 0. The van der Waals surface area contributed by atoms with Crippen LogP contribution in [0.5, 0.6) is 11.5 Å². The number of Topliss-reactive ketones (excluding diaryl/α,β-unsaturated/α-hetero) is 1. The number of methoxy groups -OCH3 is 2. The molecule has 1 N–H and O–H groups in total. The molecule has 29 heavy (non-hydrogen) atoms. The summed E-state index contributed by atoms with van der Waals surface area (Å²) in [6.45, 7) is 2.52. The summed E-state index contributed by atoms with van der Waals surface area (Å²) in [5.41, 5.74) is 1.99. The van der Waals surface area contributed by atoms with Gasteiger partial charge in [0.2, 0.25) is 15.8 Å². The van der Waals surface area contributed by atoms with Crippen LogP contribution in [0.4, 0.5) is 0 Å². The Bertz CT molecular complexity index is 1020. The highest BCUT2D eigenvalue weighted by Gasteiger charge is 2.19. The molecule has 2 rings (SSSR count). The Morgan fingerprint density at radius 2 is 1.69 bits per heavy atom. The van der Waals surface area contributed by atoms with Crippen molar-refractivity contribution in [3.63, 3.8) is 0 Å². The van der Waals surface area contributed by atoms with Gasteiger partial charge in [-0.15, -0.1) is 0 Å². The number of carbonyl (C=O) groups excluding carboxylic acids is 2. The lowest BCUT2D eigenvalue weighted by Gasteiger charge is -2.11. The second-order valence-corrected chi connectivity index (χ2v) is 7.99. The molecule has 8 nitrogen and oxygen atoms in total. The van der Waals surface area contributed by atoms with Crippen LogP contribution in [-0.4, -0.2) is 47.5 Å². The summed E-state index contributed by atoms with van der Waals surface area (Å²) in [5.74, 6) is -0.579. The normalized spacial score (nSPS) is 11.0. The predicted molar refractivity (Wildman–Crippen MR) is 106 cm³/mol. The van der Waals surface area contributed by atoms with Crippen molar-refractivity contribution in [1.82, 2.24) is 4.72 Å². The topological polar surface area (TPSA) is 108 Å². The zero-order chi connectivity index (χ0) is 21.6. The van der Waals surface area contributed by atoms with Crippen molar-refractivity contribution in [3.05, 3.63) is 53.1 Å². The molecule has 0 aliphatic rings. The van der Waals surface area contributed by atoms with Crippen LogP contribution in [0, 0.1) is 13.8 Å². The van der Waals surface area contributed by atoms with Gasteiger partial charge in [0.15, 0.2) is 6.61 Å². The quantitative estimate of drug-likeness (QED) is 0.487. The minimum absolute atomic E-state index is 0.0486. The largest absolute Gasteiger partial charge is 0.497 e. The number of hydrogen-bond donors (Lipinski definition) is 1. The van der Waals surface area contributed by atoms with Crippen molar-refractivity contribution in [2.45, 2.75) is 18.7 Å². The molecular weight excluding hydrogens is 398 g/mol. The third kappa shape index (κ3) is 5.78. The zero-order valence-electron chi connectivity index (χ0n) is 16.6. The fraction of sp³-hybridized carbons (Fsp3) is 0.300. The van der Waals surface area contributed by atoms with E-state index in [4.69, 9.17) is 14.2 Å². The van der Waals surface area contributed by atoms with Crippen LogP contribution in [0.15, 0.2) is 41.3 Å². The van der Waals surface area contributed by atoms with Crippen LogP contribution in [-0.2, 0) is 19.6 Å². The Morgan fingerprint density at radius 1 is 0.966 bits per heavy atom. The third-order valence-electron chi connectivity index (χ3n) is 4.27. The molecule has 2 aromatic rings. The molecular formula is C20H23NO7S. The zero-order valence-corrected chi connectivity index (χ0v) is 17.5. The van der Waals surface area contributed by atoms with E-state index in [0.29, 0.717) is 5.75 Å². The highest BCUT2D eigenvalue weighted by Crippen LogP contribution is 2.25. The first-order chi connectivity index (χ1) is 13.7. The van der Waals surface area contributed by atoms with Gasteiger partial charge in [-0.25, -0.2) is 8.42 Å². The standard InChI is InChI=1S/C20H23NO7S/c1-13-5-7-16(9-14(13)2)29(24,25)21-11-20(23)28-12-18(22)17-8-6-15(26-3)10-19(17)27-4/h5-10,21H,11-12H2,1-4H3. The molecule has 0 aliphatic carbocycles. The van der Waals surface area contributed by atoms with Crippen molar-refractivity contribution >= 4 is 21.8 Å². The molecule has 156 valence electrons. The van der Waals surface area contributed by atoms with Crippen molar-refractivity contribution in [1.29, 1.82) is 0 Å². The minimum atomic E-state index is -3.87. The lowest BCUT2D eigenvalue weighted by Crippen LogP contribution is -2.31. The molecule has 0 radical (unpaired) electrons. The third-order valence-corrected chi connectivity index (χ3v) is 5.67. The highest BCUT2D eigenvalue weighted by atomic mass is 32.2. The van der Waals surface area contributed by atoms with Crippen LogP contribution in [0.1, 0.15) is 21.5 Å².